The number of piperazine rings is 1. The molecule has 2 heterocycles. The van der Waals surface area contributed by atoms with Crippen LogP contribution in [0.1, 0.15) is 40.4 Å². The van der Waals surface area contributed by atoms with Crippen molar-refractivity contribution in [2.75, 3.05) is 43.4 Å². The van der Waals surface area contributed by atoms with Crippen molar-refractivity contribution in [3.05, 3.63) is 138 Å². The number of non-ortho nitro benzene ring substituents is 1. The molecule has 1 saturated heterocycles. The van der Waals surface area contributed by atoms with Crippen molar-refractivity contribution in [2.24, 2.45) is 0 Å². The summed E-state index contributed by atoms with van der Waals surface area (Å²) in [4.78, 5) is 43.0. The molecule has 18 heteroatoms. The number of benzene rings is 3. The normalized spacial score (nSPS) is 14.7. The van der Waals surface area contributed by atoms with Crippen molar-refractivity contribution < 1.29 is 35.5 Å². The molecule has 1 aliphatic heterocycles. The number of hydrogen-bond acceptors (Lipinski definition) is 9. The van der Waals surface area contributed by atoms with E-state index < -0.39 is 67.8 Å². The average molecular weight is 763 g/mol. The molecule has 1 atom stereocenters. The van der Waals surface area contributed by atoms with Crippen LogP contribution in [0.5, 0.6) is 0 Å². The average Bonchev–Trinajstić information content (AvgIpc) is 3.10. The van der Waals surface area contributed by atoms with Crippen LogP contribution in [0.2, 0.25) is 0 Å². The standard InChI is InChI=1S/C35H38F4N6O7S/c1-24-32(42-17-15-41(16-18-42)21-25-8-5-11-27(20-25)45(48)49)33(46)44(23-31(26-9-3-2-4-10-26)40-14-7-19-53(50,51)52)34(47)43(24)22-28-29(35(37,38)39)12-6-13-30(28)36/h2-6,8-13,20,31,40H,7,14-19,21-23H2,1H3,(H,50,51,52)/t31-/m0/s1. The first-order valence-electron chi connectivity index (χ1n) is 16.7. The SMILES string of the molecule is Cc1c(N2CCN(Cc3cccc([N+](=O)[O-])c3)CC2)c(=O)n(C[C@H](NCCCS(=O)(=O)O)c2ccccc2)c(=O)n1Cc1c(F)cccc1C(F)(F)F. The van der Waals surface area contributed by atoms with Gasteiger partial charge in [0.05, 0.1) is 35.4 Å². The van der Waals surface area contributed by atoms with Gasteiger partial charge in [0.25, 0.3) is 21.4 Å². The van der Waals surface area contributed by atoms with E-state index >= 15 is 4.39 Å². The number of aromatic nitrogens is 2. The molecule has 0 radical (unpaired) electrons. The highest BCUT2D eigenvalue weighted by molar-refractivity contribution is 7.85. The van der Waals surface area contributed by atoms with Gasteiger partial charge in [-0.25, -0.2) is 9.18 Å². The molecule has 0 aliphatic carbocycles. The zero-order valence-electron chi connectivity index (χ0n) is 28.6. The smallest absolute Gasteiger partial charge is 0.363 e. The van der Waals surface area contributed by atoms with E-state index in [1.54, 1.807) is 47.4 Å². The Hall–Kier alpha value is -4.91. The van der Waals surface area contributed by atoms with Crippen molar-refractivity contribution in [3.8, 4) is 0 Å². The third kappa shape index (κ3) is 9.75. The fourth-order valence-corrected chi connectivity index (χ4v) is 6.99. The van der Waals surface area contributed by atoms with Gasteiger partial charge in [0, 0.05) is 56.1 Å². The lowest BCUT2D eigenvalue weighted by Gasteiger charge is -2.37. The number of halogens is 4. The number of nitro groups is 1. The molecule has 3 aromatic carbocycles. The monoisotopic (exact) mass is 762 g/mol. The Balaban J connectivity index is 1.54. The minimum absolute atomic E-state index is 0.00540. The van der Waals surface area contributed by atoms with Crippen LogP contribution in [0.4, 0.5) is 28.9 Å². The van der Waals surface area contributed by atoms with Crippen LogP contribution < -0.4 is 21.5 Å². The summed E-state index contributed by atoms with van der Waals surface area (Å²) in [5.41, 5.74) is -2.38. The topological polar surface area (TPSA) is 160 Å². The van der Waals surface area contributed by atoms with E-state index in [2.05, 4.69) is 5.32 Å². The van der Waals surface area contributed by atoms with Gasteiger partial charge < -0.3 is 10.2 Å². The maximum atomic E-state index is 15.1. The predicted molar refractivity (Wildman–Crippen MR) is 189 cm³/mol. The molecular weight excluding hydrogens is 724 g/mol. The largest absolute Gasteiger partial charge is 0.416 e. The highest BCUT2D eigenvalue weighted by Crippen LogP contribution is 2.34. The molecule has 0 bridgehead atoms. The summed E-state index contributed by atoms with van der Waals surface area (Å²) in [6.07, 6.45) is -4.94. The molecule has 1 aromatic heterocycles. The molecular formula is C35H38F4N6O7S. The van der Waals surface area contributed by atoms with E-state index in [4.69, 9.17) is 0 Å². The van der Waals surface area contributed by atoms with Gasteiger partial charge in [-0.15, -0.1) is 0 Å². The Labute approximate surface area is 302 Å². The number of hydrogen-bond donors (Lipinski definition) is 2. The summed E-state index contributed by atoms with van der Waals surface area (Å²) in [5, 5.41) is 14.4. The molecule has 0 amide bonds. The number of anilines is 1. The molecule has 0 spiro atoms. The van der Waals surface area contributed by atoms with Gasteiger partial charge in [-0.3, -0.25) is 33.5 Å². The van der Waals surface area contributed by atoms with Crippen molar-refractivity contribution in [1.82, 2.24) is 19.4 Å². The molecule has 0 saturated carbocycles. The van der Waals surface area contributed by atoms with Crippen molar-refractivity contribution in [1.29, 1.82) is 0 Å². The van der Waals surface area contributed by atoms with E-state index in [-0.39, 0.29) is 49.7 Å². The molecule has 1 aliphatic rings. The van der Waals surface area contributed by atoms with Gasteiger partial charge in [-0.05, 0) is 43.1 Å². The Morgan fingerprint density at radius 3 is 2.26 bits per heavy atom. The maximum Gasteiger partial charge on any atom is 0.416 e. The molecule has 0 unspecified atom stereocenters. The van der Waals surface area contributed by atoms with Crippen LogP contribution in [0, 0.1) is 22.9 Å². The highest BCUT2D eigenvalue weighted by atomic mass is 32.2. The first-order chi connectivity index (χ1) is 25.0. The Morgan fingerprint density at radius 2 is 1.62 bits per heavy atom. The third-order valence-electron chi connectivity index (χ3n) is 9.15. The number of alkyl halides is 3. The Morgan fingerprint density at radius 1 is 0.943 bits per heavy atom. The fraction of sp³-hybridized carbons (Fsp3) is 0.371. The lowest BCUT2D eigenvalue weighted by atomic mass is 10.1. The third-order valence-corrected chi connectivity index (χ3v) is 9.96. The molecule has 4 aromatic rings. The van der Waals surface area contributed by atoms with Crippen LogP contribution in [-0.4, -0.2) is 70.4 Å². The Kier molecular flexibility index (Phi) is 12.2. The minimum Gasteiger partial charge on any atom is -0.363 e. The number of nitrogens with zero attached hydrogens (tertiary/aromatic N) is 5. The maximum absolute atomic E-state index is 15.1. The van der Waals surface area contributed by atoms with E-state index in [1.807, 2.05) is 4.90 Å². The summed E-state index contributed by atoms with van der Waals surface area (Å²) < 4.78 is 91.0. The van der Waals surface area contributed by atoms with Crippen LogP contribution in [0.3, 0.4) is 0 Å². The van der Waals surface area contributed by atoms with E-state index in [0.29, 0.717) is 30.8 Å². The highest BCUT2D eigenvalue weighted by Gasteiger charge is 2.35. The first-order valence-corrected chi connectivity index (χ1v) is 18.3. The van der Waals surface area contributed by atoms with Gasteiger partial charge in [0.1, 0.15) is 11.5 Å². The van der Waals surface area contributed by atoms with Crippen LogP contribution >= 0.6 is 0 Å². The molecule has 53 heavy (non-hydrogen) atoms. The van der Waals surface area contributed by atoms with Gasteiger partial charge in [0.2, 0.25) is 0 Å². The van der Waals surface area contributed by atoms with E-state index in [1.165, 1.54) is 19.1 Å². The van der Waals surface area contributed by atoms with E-state index in [9.17, 15) is 45.8 Å². The molecule has 5 rings (SSSR count). The zero-order valence-corrected chi connectivity index (χ0v) is 29.4. The minimum atomic E-state index is -4.94. The second-order valence-corrected chi connectivity index (χ2v) is 14.3. The molecule has 2 N–H and O–H groups in total. The van der Waals surface area contributed by atoms with Gasteiger partial charge in [0.15, 0.2) is 0 Å². The second kappa shape index (κ2) is 16.4. The molecule has 1 fully saturated rings. The Bertz CT molecular complexity index is 2170. The summed E-state index contributed by atoms with van der Waals surface area (Å²) >= 11 is 0. The van der Waals surface area contributed by atoms with Gasteiger partial charge in [-0.1, -0.05) is 48.5 Å². The lowest BCUT2D eigenvalue weighted by Crippen LogP contribution is -2.51. The van der Waals surface area contributed by atoms with Crippen LogP contribution in [-0.2, 0) is 35.9 Å². The van der Waals surface area contributed by atoms with Crippen LogP contribution in [0.25, 0.3) is 0 Å². The van der Waals surface area contributed by atoms with Crippen molar-refractivity contribution in [3.63, 3.8) is 0 Å². The summed E-state index contributed by atoms with van der Waals surface area (Å²) in [6.45, 7) is 2.02. The van der Waals surface area contributed by atoms with Gasteiger partial charge >= 0.3 is 11.9 Å². The number of rotatable bonds is 14. The van der Waals surface area contributed by atoms with Crippen molar-refractivity contribution in [2.45, 2.75) is 45.2 Å². The summed E-state index contributed by atoms with van der Waals surface area (Å²) in [5.74, 6) is -1.72. The number of nitrogens with one attached hydrogen (secondary N) is 1. The van der Waals surface area contributed by atoms with Gasteiger partial charge in [-0.2, -0.15) is 21.6 Å². The van der Waals surface area contributed by atoms with Crippen LogP contribution in [0.15, 0.2) is 82.4 Å². The predicted octanol–water partition coefficient (Wildman–Crippen LogP) is 4.36. The quantitative estimate of drug-likeness (QED) is 0.0622. The fourth-order valence-electron chi connectivity index (χ4n) is 6.48. The summed E-state index contributed by atoms with van der Waals surface area (Å²) in [6, 6.07) is 16.6. The summed E-state index contributed by atoms with van der Waals surface area (Å²) in [7, 11) is -4.26. The second-order valence-electron chi connectivity index (χ2n) is 12.7. The van der Waals surface area contributed by atoms with Crippen molar-refractivity contribution >= 4 is 21.5 Å². The first kappa shape index (κ1) is 39.3. The lowest BCUT2D eigenvalue weighted by molar-refractivity contribution is -0.384. The number of nitro benzene ring substituents is 1. The molecule has 13 nitrogen and oxygen atoms in total. The zero-order chi connectivity index (χ0) is 38.5. The van der Waals surface area contributed by atoms with E-state index in [0.717, 1.165) is 27.3 Å². The molecule has 284 valence electrons.